The number of aromatic hydroxyl groups is 1. The number of benzene rings is 1. The van der Waals surface area contributed by atoms with Crippen molar-refractivity contribution < 1.29 is 15.0 Å². The fraction of sp³-hybridized carbons (Fsp3) is 0.632. The Bertz CT molecular complexity index is 518. The molecule has 0 heterocycles. The maximum absolute atomic E-state index is 12.3. The molecule has 1 saturated carbocycles. The minimum absolute atomic E-state index is 0.0741. The minimum Gasteiger partial charge on any atom is -0.508 e. The van der Waals surface area contributed by atoms with Crippen LogP contribution in [-0.2, 0) is 6.42 Å². The average Bonchev–Trinajstić information content (AvgIpc) is 2.56. The van der Waals surface area contributed by atoms with Crippen LogP contribution in [-0.4, -0.2) is 46.9 Å². The third-order valence-electron chi connectivity index (χ3n) is 4.90. The molecule has 3 atom stereocenters. The zero-order chi connectivity index (χ0) is 17.5. The van der Waals surface area contributed by atoms with Crippen LogP contribution in [0.3, 0.4) is 0 Å². The van der Waals surface area contributed by atoms with Crippen LogP contribution in [0, 0.1) is 5.92 Å². The molecular weight excluding hydrogens is 304 g/mol. The van der Waals surface area contributed by atoms with Crippen molar-refractivity contribution in [3.05, 3.63) is 29.8 Å². The second kappa shape index (κ2) is 8.92. The van der Waals surface area contributed by atoms with Gasteiger partial charge in [0.25, 0.3) is 0 Å². The van der Waals surface area contributed by atoms with E-state index in [-0.39, 0.29) is 29.8 Å². The van der Waals surface area contributed by atoms with E-state index in [0.717, 1.165) is 44.1 Å². The molecule has 1 aromatic rings. The second-order valence-corrected chi connectivity index (χ2v) is 7.05. The first kappa shape index (κ1) is 18.6. The SMILES string of the molecule is CC(CCc1ccc(O)cc1)NC(=O)N(C)CC1CCCCC1O. The number of aryl methyl sites for hydroxylation is 1. The average molecular weight is 334 g/mol. The Morgan fingerprint density at radius 2 is 1.96 bits per heavy atom. The molecule has 0 spiro atoms. The number of nitrogens with zero attached hydrogens (tertiary/aromatic N) is 1. The smallest absolute Gasteiger partial charge is 0.317 e. The van der Waals surface area contributed by atoms with Gasteiger partial charge in [0, 0.05) is 25.6 Å². The van der Waals surface area contributed by atoms with E-state index in [2.05, 4.69) is 5.32 Å². The third kappa shape index (κ3) is 5.71. The van der Waals surface area contributed by atoms with Crippen molar-refractivity contribution in [2.45, 2.75) is 57.6 Å². The number of carbonyl (C=O) groups excluding carboxylic acids is 1. The van der Waals surface area contributed by atoms with Crippen LogP contribution in [0.4, 0.5) is 4.79 Å². The summed E-state index contributed by atoms with van der Waals surface area (Å²) in [4.78, 5) is 14.0. The number of nitrogens with one attached hydrogen (secondary N) is 1. The summed E-state index contributed by atoms with van der Waals surface area (Å²) in [5, 5.41) is 22.3. The maximum atomic E-state index is 12.3. The monoisotopic (exact) mass is 334 g/mol. The van der Waals surface area contributed by atoms with E-state index >= 15 is 0 Å². The minimum atomic E-state index is -0.277. The van der Waals surface area contributed by atoms with Gasteiger partial charge in [-0.25, -0.2) is 4.79 Å². The summed E-state index contributed by atoms with van der Waals surface area (Å²) in [6.45, 7) is 2.61. The highest BCUT2D eigenvalue weighted by Crippen LogP contribution is 2.24. The van der Waals surface area contributed by atoms with Crippen LogP contribution in [0.25, 0.3) is 0 Å². The molecule has 5 heteroatoms. The number of aliphatic hydroxyl groups is 1. The molecule has 1 fully saturated rings. The Morgan fingerprint density at radius 1 is 1.29 bits per heavy atom. The van der Waals surface area contributed by atoms with Crippen LogP contribution < -0.4 is 5.32 Å². The lowest BCUT2D eigenvalue weighted by molar-refractivity contribution is 0.0563. The summed E-state index contributed by atoms with van der Waals surface area (Å²) in [7, 11) is 1.79. The molecule has 1 aromatic carbocycles. The summed E-state index contributed by atoms with van der Waals surface area (Å²) in [5.41, 5.74) is 1.15. The van der Waals surface area contributed by atoms with E-state index in [1.165, 1.54) is 0 Å². The number of urea groups is 1. The molecule has 1 aliphatic rings. The molecule has 0 aromatic heterocycles. The molecule has 134 valence electrons. The first-order valence-electron chi connectivity index (χ1n) is 8.93. The number of amides is 2. The van der Waals surface area contributed by atoms with Crippen LogP contribution in [0.15, 0.2) is 24.3 Å². The van der Waals surface area contributed by atoms with Gasteiger partial charge >= 0.3 is 6.03 Å². The van der Waals surface area contributed by atoms with Crippen LogP contribution >= 0.6 is 0 Å². The van der Waals surface area contributed by atoms with E-state index in [9.17, 15) is 15.0 Å². The number of rotatable bonds is 6. The van der Waals surface area contributed by atoms with Gasteiger partial charge < -0.3 is 20.4 Å². The van der Waals surface area contributed by atoms with Crippen molar-refractivity contribution in [2.24, 2.45) is 5.92 Å². The Hall–Kier alpha value is -1.75. The van der Waals surface area contributed by atoms with Crippen LogP contribution in [0.5, 0.6) is 5.75 Å². The van der Waals surface area contributed by atoms with Crippen molar-refractivity contribution in [2.75, 3.05) is 13.6 Å². The molecule has 2 rings (SSSR count). The standard InChI is InChI=1S/C19H30N2O3/c1-14(7-8-15-9-11-17(22)12-10-15)20-19(24)21(2)13-16-5-3-4-6-18(16)23/h9-12,14,16,18,22-23H,3-8,13H2,1-2H3,(H,20,24). The summed E-state index contributed by atoms with van der Waals surface area (Å²) < 4.78 is 0. The molecule has 0 radical (unpaired) electrons. The van der Waals surface area contributed by atoms with Gasteiger partial charge in [-0.15, -0.1) is 0 Å². The zero-order valence-corrected chi connectivity index (χ0v) is 14.7. The predicted octanol–water partition coefficient (Wildman–Crippen LogP) is 2.91. The number of phenols is 1. The van der Waals surface area contributed by atoms with Gasteiger partial charge in [-0.3, -0.25) is 0 Å². The lowest BCUT2D eigenvalue weighted by Crippen LogP contribution is -2.45. The van der Waals surface area contributed by atoms with Crippen molar-refractivity contribution in [1.82, 2.24) is 10.2 Å². The number of aliphatic hydroxyl groups excluding tert-OH is 1. The molecule has 3 N–H and O–H groups in total. The first-order chi connectivity index (χ1) is 11.5. The van der Waals surface area contributed by atoms with E-state index in [4.69, 9.17) is 0 Å². The molecule has 0 saturated heterocycles. The zero-order valence-electron chi connectivity index (χ0n) is 14.7. The summed E-state index contributed by atoms with van der Waals surface area (Å²) >= 11 is 0. The highest BCUT2D eigenvalue weighted by Gasteiger charge is 2.25. The quantitative estimate of drug-likeness (QED) is 0.749. The summed E-state index contributed by atoms with van der Waals surface area (Å²) in [6.07, 6.45) is 5.49. The maximum Gasteiger partial charge on any atom is 0.317 e. The molecular formula is C19H30N2O3. The van der Waals surface area contributed by atoms with Gasteiger partial charge in [0.1, 0.15) is 5.75 Å². The molecule has 0 bridgehead atoms. The number of hydrogen-bond donors (Lipinski definition) is 3. The van der Waals surface area contributed by atoms with E-state index in [1.807, 2.05) is 19.1 Å². The molecule has 24 heavy (non-hydrogen) atoms. The van der Waals surface area contributed by atoms with Gasteiger partial charge in [0.2, 0.25) is 0 Å². The number of carbonyl (C=O) groups is 1. The van der Waals surface area contributed by atoms with E-state index in [0.29, 0.717) is 6.54 Å². The van der Waals surface area contributed by atoms with Crippen LogP contribution in [0.2, 0.25) is 0 Å². The van der Waals surface area contributed by atoms with Crippen molar-refractivity contribution in [3.8, 4) is 5.75 Å². The number of phenolic OH excluding ortho intramolecular Hbond substituents is 1. The molecule has 2 amide bonds. The normalized spacial score (nSPS) is 22.0. The van der Waals surface area contributed by atoms with Gasteiger partial charge in [0.05, 0.1) is 6.10 Å². The highest BCUT2D eigenvalue weighted by atomic mass is 16.3. The van der Waals surface area contributed by atoms with E-state index in [1.54, 1.807) is 24.1 Å². The van der Waals surface area contributed by atoms with Gasteiger partial charge in [-0.2, -0.15) is 0 Å². The third-order valence-corrected chi connectivity index (χ3v) is 4.90. The van der Waals surface area contributed by atoms with Gasteiger partial charge in [-0.05, 0) is 50.3 Å². The highest BCUT2D eigenvalue weighted by molar-refractivity contribution is 5.74. The number of hydrogen-bond acceptors (Lipinski definition) is 3. The van der Waals surface area contributed by atoms with Crippen molar-refractivity contribution in [1.29, 1.82) is 0 Å². The molecule has 3 unspecified atom stereocenters. The molecule has 1 aliphatic carbocycles. The fourth-order valence-corrected chi connectivity index (χ4v) is 3.27. The Kier molecular flexibility index (Phi) is 6.91. The fourth-order valence-electron chi connectivity index (χ4n) is 3.27. The lowest BCUT2D eigenvalue weighted by Gasteiger charge is -2.31. The van der Waals surface area contributed by atoms with Crippen molar-refractivity contribution in [3.63, 3.8) is 0 Å². The molecule has 5 nitrogen and oxygen atoms in total. The van der Waals surface area contributed by atoms with Crippen molar-refractivity contribution >= 4 is 6.03 Å². The Balaban J connectivity index is 1.72. The predicted molar refractivity (Wildman–Crippen MR) is 95.0 cm³/mol. The van der Waals surface area contributed by atoms with E-state index < -0.39 is 0 Å². The lowest BCUT2D eigenvalue weighted by atomic mass is 9.86. The van der Waals surface area contributed by atoms with Gasteiger partial charge in [-0.1, -0.05) is 25.0 Å². The molecule has 0 aliphatic heterocycles. The summed E-state index contributed by atoms with van der Waals surface area (Å²) in [5.74, 6) is 0.466. The largest absolute Gasteiger partial charge is 0.508 e. The topological polar surface area (TPSA) is 72.8 Å². The van der Waals surface area contributed by atoms with Crippen LogP contribution in [0.1, 0.15) is 44.6 Å². The Morgan fingerprint density at radius 3 is 2.62 bits per heavy atom. The second-order valence-electron chi connectivity index (χ2n) is 7.05. The Labute approximate surface area is 144 Å². The van der Waals surface area contributed by atoms with Gasteiger partial charge in [0.15, 0.2) is 0 Å². The summed E-state index contributed by atoms with van der Waals surface area (Å²) in [6, 6.07) is 7.17. The first-order valence-corrected chi connectivity index (χ1v) is 8.93.